The predicted molar refractivity (Wildman–Crippen MR) is 107 cm³/mol. The summed E-state index contributed by atoms with van der Waals surface area (Å²) in [5.74, 6) is 1.13. The lowest BCUT2D eigenvalue weighted by Crippen LogP contribution is -2.26. The Morgan fingerprint density at radius 3 is 2.82 bits per heavy atom. The van der Waals surface area contributed by atoms with Gasteiger partial charge in [-0.2, -0.15) is 0 Å². The number of pyridine rings is 1. The van der Waals surface area contributed by atoms with E-state index in [1.807, 2.05) is 25.1 Å². The molecule has 8 nitrogen and oxygen atoms in total. The SMILES string of the molecule is CC(=O)Nc1cc(-c2nc(C3N=CNN3)c(-c3ccccc3Cl)o2)c(C)cn1. The lowest BCUT2D eigenvalue weighted by atomic mass is 10.1. The number of hydrogen-bond acceptors (Lipinski definition) is 7. The molecular weight excluding hydrogens is 380 g/mol. The van der Waals surface area contributed by atoms with Gasteiger partial charge in [-0.1, -0.05) is 23.7 Å². The van der Waals surface area contributed by atoms with Gasteiger partial charge in [0.15, 0.2) is 11.9 Å². The number of hydrazine groups is 1. The summed E-state index contributed by atoms with van der Waals surface area (Å²) in [6.07, 6.45) is 2.80. The fourth-order valence-corrected chi connectivity index (χ4v) is 3.10. The van der Waals surface area contributed by atoms with Crippen molar-refractivity contribution in [2.45, 2.75) is 20.0 Å². The van der Waals surface area contributed by atoms with Crippen LogP contribution in [-0.2, 0) is 4.79 Å². The molecule has 1 aliphatic heterocycles. The maximum atomic E-state index is 11.4. The number of hydrogen-bond donors (Lipinski definition) is 3. The van der Waals surface area contributed by atoms with E-state index in [1.54, 1.807) is 24.7 Å². The summed E-state index contributed by atoms with van der Waals surface area (Å²) < 4.78 is 6.14. The van der Waals surface area contributed by atoms with Gasteiger partial charge in [-0.3, -0.25) is 4.79 Å². The van der Waals surface area contributed by atoms with E-state index in [4.69, 9.17) is 16.0 Å². The Kier molecular flexibility index (Phi) is 4.81. The van der Waals surface area contributed by atoms with Crippen LogP contribution in [0.2, 0.25) is 5.02 Å². The average molecular weight is 397 g/mol. The molecule has 0 aliphatic carbocycles. The zero-order valence-corrected chi connectivity index (χ0v) is 15.9. The molecule has 1 unspecified atom stereocenters. The van der Waals surface area contributed by atoms with Crippen molar-refractivity contribution in [1.82, 2.24) is 20.8 Å². The molecule has 1 aromatic carbocycles. The summed E-state index contributed by atoms with van der Waals surface area (Å²) in [6, 6.07) is 9.11. The number of aryl methyl sites for hydroxylation is 1. The minimum Gasteiger partial charge on any atom is -0.436 e. The highest BCUT2D eigenvalue weighted by molar-refractivity contribution is 6.33. The number of carbonyl (C=O) groups is 1. The molecule has 3 aromatic rings. The molecule has 1 aliphatic rings. The average Bonchev–Trinajstić information content (AvgIpc) is 3.32. The Bertz CT molecular complexity index is 1080. The first kappa shape index (κ1) is 18.1. The van der Waals surface area contributed by atoms with Crippen LogP contribution in [0.4, 0.5) is 5.82 Å². The maximum Gasteiger partial charge on any atom is 0.227 e. The summed E-state index contributed by atoms with van der Waals surface area (Å²) in [7, 11) is 0. The first-order valence-corrected chi connectivity index (χ1v) is 8.93. The second-order valence-electron chi connectivity index (χ2n) is 6.25. The van der Waals surface area contributed by atoms with Crippen LogP contribution in [0, 0.1) is 6.92 Å². The van der Waals surface area contributed by atoms with E-state index in [9.17, 15) is 4.79 Å². The fourth-order valence-electron chi connectivity index (χ4n) is 2.88. The van der Waals surface area contributed by atoms with Crippen LogP contribution in [0.25, 0.3) is 22.8 Å². The normalized spacial score (nSPS) is 15.5. The zero-order valence-electron chi connectivity index (χ0n) is 15.2. The van der Waals surface area contributed by atoms with Gasteiger partial charge in [0, 0.05) is 24.2 Å². The monoisotopic (exact) mass is 396 g/mol. The van der Waals surface area contributed by atoms with Crippen molar-refractivity contribution in [2.75, 3.05) is 5.32 Å². The summed E-state index contributed by atoms with van der Waals surface area (Å²) >= 11 is 6.39. The van der Waals surface area contributed by atoms with Crippen LogP contribution in [0.15, 0.2) is 45.9 Å². The lowest BCUT2D eigenvalue weighted by Gasteiger charge is -2.07. The quantitative estimate of drug-likeness (QED) is 0.623. The van der Waals surface area contributed by atoms with E-state index in [2.05, 4.69) is 31.1 Å². The number of carbonyl (C=O) groups excluding carboxylic acids is 1. The van der Waals surface area contributed by atoms with Crippen molar-refractivity contribution in [3.63, 3.8) is 0 Å². The number of nitrogens with one attached hydrogen (secondary N) is 3. The first-order valence-electron chi connectivity index (χ1n) is 8.56. The van der Waals surface area contributed by atoms with Gasteiger partial charge < -0.3 is 15.2 Å². The van der Waals surface area contributed by atoms with Crippen LogP contribution in [-0.4, -0.2) is 22.2 Å². The molecule has 0 radical (unpaired) electrons. The third-order valence-corrected chi connectivity index (χ3v) is 4.51. The molecule has 0 bridgehead atoms. The van der Waals surface area contributed by atoms with Crippen molar-refractivity contribution in [2.24, 2.45) is 4.99 Å². The molecule has 0 spiro atoms. The Morgan fingerprint density at radius 1 is 1.29 bits per heavy atom. The van der Waals surface area contributed by atoms with Gasteiger partial charge in [0.25, 0.3) is 0 Å². The van der Waals surface area contributed by atoms with Gasteiger partial charge in [0.1, 0.15) is 11.5 Å². The number of aliphatic imine (C=N–C) groups is 1. The number of oxazole rings is 1. The summed E-state index contributed by atoms with van der Waals surface area (Å²) in [5, 5.41) is 3.22. The third kappa shape index (κ3) is 3.47. The number of aromatic nitrogens is 2. The minimum absolute atomic E-state index is 0.206. The maximum absolute atomic E-state index is 11.4. The molecule has 0 fully saturated rings. The fraction of sp³-hybridized carbons (Fsp3) is 0.158. The largest absolute Gasteiger partial charge is 0.436 e. The molecule has 1 atom stereocenters. The van der Waals surface area contributed by atoms with Crippen molar-refractivity contribution in [3.05, 3.63) is 52.8 Å². The number of amides is 1. The summed E-state index contributed by atoms with van der Waals surface area (Å²) in [5.41, 5.74) is 8.74. The topological polar surface area (TPSA) is 104 Å². The highest BCUT2D eigenvalue weighted by Crippen LogP contribution is 2.38. The van der Waals surface area contributed by atoms with Crippen LogP contribution in [0.1, 0.15) is 24.3 Å². The van der Waals surface area contributed by atoms with Crippen LogP contribution < -0.4 is 16.2 Å². The van der Waals surface area contributed by atoms with Gasteiger partial charge in [-0.15, -0.1) is 0 Å². The molecule has 0 saturated heterocycles. The van der Waals surface area contributed by atoms with Gasteiger partial charge in [0.2, 0.25) is 11.8 Å². The van der Waals surface area contributed by atoms with Crippen LogP contribution >= 0.6 is 11.6 Å². The summed E-state index contributed by atoms with van der Waals surface area (Å²) in [4.78, 5) is 24.6. The van der Waals surface area contributed by atoms with E-state index in [-0.39, 0.29) is 5.91 Å². The number of halogens is 1. The van der Waals surface area contributed by atoms with E-state index in [0.29, 0.717) is 33.7 Å². The van der Waals surface area contributed by atoms with Gasteiger partial charge >= 0.3 is 0 Å². The molecule has 142 valence electrons. The van der Waals surface area contributed by atoms with Crippen molar-refractivity contribution in [1.29, 1.82) is 0 Å². The highest BCUT2D eigenvalue weighted by Gasteiger charge is 2.26. The van der Waals surface area contributed by atoms with Gasteiger partial charge in [-0.05, 0) is 30.7 Å². The second kappa shape index (κ2) is 7.41. The molecule has 4 rings (SSSR count). The first-order chi connectivity index (χ1) is 13.5. The number of rotatable bonds is 4. The lowest BCUT2D eigenvalue weighted by molar-refractivity contribution is -0.114. The molecular formula is C19H17ClN6O2. The predicted octanol–water partition coefficient (Wildman–Crippen LogP) is 3.46. The van der Waals surface area contributed by atoms with Crippen molar-refractivity contribution < 1.29 is 9.21 Å². The highest BCUT2D eigenvalue weighted by atomic mass is 35.5. The Balaban J connectivity index is 1.85. The van der Waals surface area contributed by atoms with Crippen molar-refractivity contribution in [3.8, 4) is 22.8 Å². The smallest absolute Gasteiger partial charge is 0.227 e. The molecule has 1 amide bonds. The Morgan fingerprint density at radius 2 is 2.11 bits per heavy atom. The standard InChI is InChI=1S/C19H17ClN6O2/c1-10-8-21-15(24-11(2)27)7-13(10)19-25-16(18-22-9-23-26-18)17(28-19)12-5-3-4-6-14(12)20/h3-9,18,26H,1-2H3,(H,22,23)(H,21,24,27). The number of anilines is 1. The van der Waals surface area contributed by atoms with E-state index >= 15 is 0 Å². The third-order valence-electron chi connectivity index (χ3n) is 4.18. The second-order valence-corrected chi connectivity index (χ2v) is 6.66. The number of nitrogens with zero attached hydrogens (tertiary/aromatic N) is 3. The Labute approximate surface area is 166 Å². The van der Waals surface area contributed by atoms with Crippen molar-refractivity contribution >= 4 is 29.7 Å². The number of benzene rings is 1. The molecule has 3 N–H and O–H groups in total. The van der Waals surface area contributed by atoms with Gasteiger partial charge in [0.05, 0.1) is 11.4 Å². The molecule has 2 aromatic heterocycles. The molecule has 9 heteroatoms. The summed E-state index contributed by atoms with van der Waals surface area (Å²) in [6.45, 7) is 3.32. The van der Waals surface area contributed by atoms with Crippen LogP contribution in [0.5, 0.6) is 0 Å². The zero-order chi connectivity index (χ0) is 19.7. The Hall–Kier alpha value is -3.23. The molecule has 0 saturated carbocycles. The van der Waals surface area contributed by atoms with Gasteiger partial charge in [-0.25, -0.2) is 20.4 Å². The van der Waals surface area contributed by atoms with Crippen LogP contribution in [0.3, 0.4) is 0 Å². The van der Waals surface area contributed by atoms with E-state index in [1.165, 1.54) is 6.92 Å². The van der Waals surface area contributed by atoms with E-state index in [0.717, 1.165) is 11.1 Å². The minimum atomic E-state index is -0.416. The van der Waals surface area contributed by atoms with E-state index < -0.39 is 6.17 Å². The molecule has 28 heavy (non-hydrogen) atoms. The molecule has 3 heterocycles.